The van der Waals surface area contributed by atoms with Gasteiger partial charge < -0.3 is 15.7 Å². The molecular weight excluding hydrogens is 274 g/mol. The Labute approximate surface area is 112 Å². The molecule has 0 aliphatic heterocycles. The van der Waals surface area contributed by atoms with E-state index < -0.39 is 28.1 Å². The second-order valence-electron chi connectivity index (χ2n) is 4.32. The molecule has 8 nitrogen and oxygen atoms in total. The molecule has 0 spiro atoms. The highest BCUT2D eigenvalue weighted by molar-refractivity contribution is 7.89. The predicted molar refractivity (Wildman–Crippen MR) is 70.0 cm³/mol. The number of rotatable bonds is 8. The summed E-state index contributed by atoms with van der Waals surface area (Å²) in [6.45, 7) is 3.65. The standard InChI is InChI=1S/C10H21N3O5S/c1-3-7(2)8(9(14)15)13-10(16)12-5-4-6-19(11,17)18/h7-8H,3-6H2,1-2H3,(H,14,15)(H2,11,17,18)(H2,12,13,16). The lowest BCUT2D eigenvalue weighted by atomic mass is 9.99. The number of urea groups is 1. The van der Waals surface area contributed by atoms with E-state index in [1.807, 2.05) is 6.92 Å². The third-order valence-electron chi connectivity index (χ3n) is 2.66. The molecule has 0 aromatic rings. The van der Waals surface area contributed by atoms with Gasteiger partial charge in [-0.15, -0.1) is 0 Å². The van der Waals surface area contributed by atoms with Crippen molar-refractivity contribution in [1.29, 1.82) is 0 Å². The Bertz CT molecular complexity index is 409. The van der Waals surface area contributed by atoms with E-state index in [1.165, 1.54) is 0 Å². The molecule has 112 valence electrons. The maximum atomic E-state index is 11.4. The van der Waals surface area contributed by atoms with Crippen molar-refractivity contribution in [2.24, 2.45) is 11.1 Å². The second kappa shape index (κ2) is 7.95. The van der Waals surface area contributed by atoms with Crippen LogP contribution >= 0.6 is 0 Å². The number of carbonyl (C=O) groups is 2. The molecule has 2 unspecified atom stereocenters. The number of primary sulfonamides is 1. The van der Waals surface area contributed by atoms with Crippen molar-refractivity contribution in [1.82, 2.24) is 10.6 Å². The fourth-order valence-electron chi connectivity index (χ4n) is 1.35. The highest BCUT2D eigenvalue weighted by Crippen LogP contribution is 2.07. The van der Waals surface area contributed by atoms with E-state index in [4.69, 9.17) is 10.2 Å². The molecule has 0 aromatic heterocycles. The van der Waals surface area contributed by atoms with Crippen molar-refractivity contribution >= 4 is 22.0 Å². The van der Waals surface area contributed by atoms with Gasteiger partial charge in [0.1, 0.15) is 6.04 Å². The Morgan fingerprint density at radius 2 is 1.95 bits per heavy atom. The Morgan fingerprint density at radius 1 is 1.37 bits per heavy atom. The number of hydrogen-bond acceptors (Lipinski definition) is 4. The van der Waals surface area contributed by atoms with Crippen molar-refractivity contribution in [3.63, 3.8) is 0 Å². The van der Waals surface area contributed by atoms with Gasteiger partial charge >= 0.3 is 12.0 Å². The van der Waals surface area contributed by atoms with E-state index in [2.05, 4.69) is 10.6 Å². The van der Waals surface area contributed by atoms with Gasteiger partial charge in [-0.2, -0.15) is 0 Å². The lowest BCUT2D eigenvalue weighted by Gasteiger charge is -2.20. The summed E-state index contributed by atoms with van der Waals surface area (Å²) >= 11 is 0. The van der Waals surface area contributed by atoms with Crippen molar-refractivity contribution in [2.45, 2.75) is 32.7 Å². The molecule has 0 aromatic carbocycles. The molecule has 0 bridgehead atoms. The summed E-state index contributed by atoms with van der Waals surface area (Å²) in [4.78, 5) is 22.4. The maximum Gasteiger partial charge on any atom is 0.326 e. The van der Waals surface area contributed by atoms with E-state index in [1.54, 1.807) is 6.92 Å². The van der Waals surface area contributed by atoms with E-state index in [-0.39, 0.29) is 24.6 Å². The first-order valence-electron chi connectivity index (χ1n) is 5.95. The van der Waals surface area contributed by atoms with E-state index >= 15 is 0 Å². The van der Waals surface area contributed by atoms with Gasteiger partial charge in [-0.1, -0.05) is 20.3 Å². The zero-order chi connectivity index (χ0) is 15.1. The number of carbonyl (C=O) groups excluding carboxylic acids is 1. The quantitative estimate of drug-likeness (QED) is 0.445. The first kappa shape index (κ1) is 17.6. The molecule has 9 heteroatoms. The van der Waals surface area contributed by atoms with Gasteiger partial charge in [-0.25, -0.2) is 23.1 Å². The summed E-state index contributed by atoms with van der Waals surface area (Å²) in [5.74, 6) is -1.54. The maximum absolute atomic E-state index is 11.4. The molecule has 0 heterocycles. The summed E-state index contributed by atoms with van der Waals surface area (Å²) in [7, 11) is -3.54. The normalized spacial score (nSPS) is 14.5. The van der Waals surface area contributed by atoms with Crippen LogP contribution in [-0.2, 0) is 14.8 Å². The van der Waals surface area contributed by atoms with E-state index in [0.717, 1.165) is 0 Å². The monoisotopic (exact) mass is 295 g/mol. The van der Waals surface area contributed by atoms with Gasteiger partial charge in [0.15, 0.2) is 0 Å². The smallest absolute Gasteiger partial charge is 0.326 e. The molecule has 5 N–H and O–H groups in total. The highest BCUT2D eigenvalue weighted by atomic mass is 32.2. The van der Waals surface area contributed by atoms with Crippen LogP contribution in [0, 0.1) is 5.92 Å². The Kier molecular flexibility index (Phi) is 7.38. The van der Waals surface area contributed by atoms with Crippen LogP contribution in [0.25, 0.3) is 0 Å². The van der Waals surface area contributed by atoms with Gasteiger partial charge in [0, 0.05) is 6.54 Å². The van der Waals surface area contributed by atoms with Gasteiger partial charge in [0.2, 0.25) is 10.0 Å². The summed E-state index contributed by atoms with van der Waals surface area (Å²) in [5.41, 5.74) is 0. The van der Waals surface area contributed by atoms with Crippen molar-refractivity contribution < 1.29 is 23.1 Å². The zero-order valence-electron chi connectivity index (χ0n) is 11.0. The van der Waals surface area contributed by atoms with Crippen LogP contribution in [0.4, 0.5) is 4.79 Å². The zero-order valence-corrected chi connectivity index (χ0v) is 11.9. The second-order valence-corrected chi connectivity index (χ2v) is 6.06. The Morgan fingerprint density at radius 3 is 2.37 bits per heavy atom. The summed E-state index contributed by atoms with van der Waals surface area (Å²) in [5, 5.41) is 18.5. The first-order chi connectivity index (χ1) is 8.67. The number of aliphatic carboxylic acids is 1. The number of nitrogens with two attached hydrogens (primary N) is 1. The third-order valence-corrected chi connectivity index (χ3v) is 3.51. The molecule has 0 fully saturated rings. The van der Waals surface area contributed by atoms with E-state index in [9.17, 15) is 18.0 Å². The topological polar surface area (TPSA) is 139 Å². The van der Waals surface area contributed by atoms with Crippen LogP contribution in [0.5, 0.6) is 0 Å². The average molecular weight is 295 g/mol. The number of carboxylic acids is 1. The van der Waals surface area contributed by atoms with Crippen LogP contribution in [0.1, 0.15) is 26.7 Å². The number of amides is 2. The molecule has 0 rings (SSSR count). The minimum atomic E-state index is -3.54. The molecule has 2 amide bonds. The number of nitrogens with one attached hydrogen (secondary N) is 2. The summed E-state index contributed by atoms with van der Waals surface area (Å²) in [6, 6.07) is -1.61. The van der Waals surface area contributed by atoms with Crippen LogP contribution in [0.2, 0.25) is 0 Å². The fraction of sp³-hybridized carbons (Fsp3) is 0.800. The largest absolute Gasteiger partial charge is 0.480 e. The summed E-state index contributed by atoms with van der Waals surface area (Å²) in [6.07, 6.45) is 0.788. The van der Waals surface area contributed by atoms with Crippen LogP contribution in [0.15, 0.2) is 0 Å². The molecule has 19 heavy (non-hydrogen) atoms. The van der Waals surface area contributed by atoms with Crippen molar-refractivity contribution in [3.05, 3.63) is 0 Å². The van der Waals surface area contributed by atoms with E-state index in [0.29, 0.717) is 6.42 Å². The molecule has 0 saturated carbocycles. The molecule has 0 aliphatic rings. The summed E-state index contributed by atoms with van der Waals surface area (Å²) < 4.78 is 21.3. The molecule has 2 atom stereocenters. The van der Waals surface area contributed by atoms with Gasteiger partial charge in [-0.05, 0) is 12.3 Å². The number of hydrogen-bond donors (Lipinski definition) is 4. The minimum absolute atomic E-state index is 0.106. The molecular formula is C10H21N3O5S. The number of carboxylic acid groups (broad SMARTS) is 1. The SMILES string of the molecule is CCC(C)C(NC(=O)NCCCS(N)(=O)=O)C(=O)O. The highest BCUT2D eigenvalue weighted by Gasteiger charge is 2.24. The first-order valence-corrected chi connectivity index (χ1v) is 7.66. The fourth-order valence-corrected chi connectivity index (χ4v) is 1.90. The Hall–Kier alpha value is -1.35. The molecule has 0 saturated heterocycles. The van der Waals surface area contributed by atoms with Crippen LogP contribution in [0.3, 0.4) is 0 Å². The van der Waals surface area contributed by atoms with Gasteiger partial charge in [0.05, 0.1) is 5.75 Å². The van der Waals surface area contributed by atoms with Crippen molar-refractivity contribution in [3.8, 4) is 0 Å². The lowest BCUT2D eigenvalue weighted by molar-refractivity contribution is -0.140. The lowest BCUT2D eigenvalue weighted by Crippen LogP contribution is -2.49. The van der Waals surface area contributed by atoms with Crippen molar-refractivity contribution in [2.75, 3.05) is 12.3 Å². The van der Waals surface area contributed by atoms with Gasteiger partial charge in [0.25, 0.3) is 0 Å². The minimum Gasteiger partial charge on any atom is -0.480 e. The third kappa shape index (κ3) is 8.38. The average Bonchev–Trinajstić information content (AvgIpc) is 2.29. The Balaban J connectivity index is 4.11. The molecule has 0 radical (unpaired) electrons. The van der Waals surface area contributed by atoms with Crippen LogP contribution < -0.4 is 15.8 Å². The number of sulfonamides is 1. The van der Waals surface area contributed by atoms with Gasteiger partial charge in [-0.3, -0.25) is 0 Å². The van der Waals surface area contributed by atoms with Crippen LogP contribution in [-0.4, -0.2) is 43.9 Å². The molecule has 0 aliphatic carbocycles. The predicted octanol–water partition coefficient (Wildman–Crippen LogP) is -0.536.